The van der Waals surface area contributed by atoms with Crippen molar-refractivity contribution < 1.29 is 23.7 Å². The molecule has 0 aliphatic carbocycles. The average Bonchev–Trinajstić information content (AvgIpc) is 2.76. The first-order valence-electron chi connectivity index (χ1n) is 11.2. The summed E-state index contributed by atoms with van der Waals surface area (Å²) in [5.74, 6) is 0.212. The van der Waals surface area contributed by atoms with Gasteiger partial charge >= 0.3 is 0 Å². The fourth-order valence-corrected chi connectivity index (χ4v) is 3.95. The highest BCUT2D eigenvalue weighted by Crippen LogP contribution is 2.31. The molecule has 5 heteroatoms. The second-order valence-corrected chi connectivity index (χ2v) is 8.72. The monoisotopic (exact) mass is 438 g/mol. The van der Waals surface area contributed by atoms with Crippen molar-refractivity contribution in [2.45, 2.75) is 70.7 Å². The van der Waals surface area contributed by atoms with E-state index in [1.807, 2.05) is 56.3 Å². The van der Waals surface area contributed by atoms with Gasteiger partial charge in [-0.3, -0.25) is 4.79 Å². The Labute approximate surface area is 191 Å². The number of Topliss-reactive ketones (excluding diaryl/α,β-unsaturated/α-hetero) is 1. The molecule has 1 saturated heterocycles. The van der Waals surface area contributed by atoms with Crippen molar-refractivity contribution in [2.75, 3.05) is 7.11 Å². The van der Waals surface area contributed by atoms with Crippen LogP contribution in [0, 0.1) is 0 Å². The standard InChI is InChI=1S/C27H34O5/c1-20(28)16-25(30-19-22-11-13-23(29-4)14-12-22)18-26-17-24(31-27(2,3)32-26)15-10-21-8-6-5-7-9-21/h5-15,24-26H,16-19H2,1-4H3/b15-10+/t24?,25-,26-/m0/s1. The summed E-state index contributed by atoms with van der Waals surface area (Å²) in [6.07, 6.45) is 5.54. The summed E-state index contributed by atoms with van der Waals surface area (Å²) in [4.78, 5) is 11.9. The normalized spacial score (nSPS) is 21.4. The maximum absolute atomic E-state index is 11.9. The highest BCUT2D eigenvalue weighted by Gasteiger charge is 2.35. The zero-order valence-electron chi connectivity index (χ0n) is 19.5. The Morgan fingerprint density at radius 2 is 1.84 bits per heavy atom. The van der Waals surface area contributed by atoms with Gasteiger partial charge in [-0.2, -0.15) is 0 Å². The van der Waals surface area contributed by atoms with Gasteiger partial charge in [0.05, 0.1) is 32.0 Å². The lowest BCUT2D eigenvalue weighted by Gasteiger charge is -2.41. The SMILES string of the molecule is COc1ccc(CO[C@@H](CC(C)=O)C[C@@H]2CC(/C=C/c3ccccc3)OC(C)(C)O2)cc1. The third kappa shape index (κ3) is 7.90. The maximum atomic E-state index is 11.9. The van der Waals surface area contributed by atoms with Crippen LogP contribution in [0.5, 0.6) is 5.75 Å². The van der Waals surface area contributed by atoms with Crippen LogP contribution in [0.2, 0.25) is 0 Å². The quantitative estimate of drug-likeness (QED) is 0.485. The minimum atomic E-state index is -0.703. The van der Waals surface area contributed by atoms with Crippen molar-refractivity contribution in [3.05, 3.63) is 71.8 Å². The number of benzene rings is 2. The van der Waals surface area contributed by atoms with Gasteiger partial charge in [-0.05, 0) is 44.0 Å². The number of carbonyl (C=O) groups is 1. The molecule has 5 nitrogen and oxygen atoms in total. The van der Waals surface area contributed by atoms with Crippen LogP contribution in [0.4, 0.5) is 0 Å². The number of rotatable bonds is 10. The Bertz CT molecular complexity index is 873. The van der Waals surface area contributed by atoms with Gasteiger partial charge in [-0.1, -0.05) is 54.6 Å². The first-order valence-corrected chi connectivity index (χ1v) is 11.2. The smallest absolute Gasteiger partial charge is 0.163 e. The lowest BCUT2D eigenvalue weighted by Crippen LogP contribution is -2.45. The molecule has 3 atom stereocenters. The number of carbonyl (C=O) groups excluding carboxylic acids is 1. The minimum absolute atomic E-state index is 0.0654. The van der Waals surface area contributed by atoms with Crippen molar-refractivity contribution in [1.29, 1.82) is 0 Å². The van der Waals surface area contributed by atoms with Crippen LogP contribution in [0.15, 0.2) is 60.7 Å². The van der Waals surface area contributed by atoms with Crippen molar-refractivity contribution in [1.82, 2.24) is 0 Å². The topological polar surface area (TPSA) is 54.0 Å². The molecule has 1 fully saturated rings. The molecule has 3 rings (SSSR count). The number of hydrogen-bond acceptors (Lipinski definition) is 5. The van der Waals surface area contributed by atoms with Gasteiger partial charge in [-0.15, -0.1) is 0 Å². The Morgan fingerprint density at radius 3 is 2.50 bits per heavy atom. The summed E-state index contributed by atoms with van der Waals surface area (Å²) in [5.41, 5.74) is 2.17. The van der Waals surface area contributed by atoms with E-state index in [0.717, 1.165) is 16.9 Å². The van der Waals surface area contributed by atoms with Crippen LogP contribution in [0.3, 0.4) is 0 Å². The lowest BCUT2D eigenvalue weighted by molar-refractivity contribution is -0.294. The molecule has 32 heavy (non-hydrogen) atoms. The van der Waals surface area contributed by atoms with E-state index in [1.165, 1.54) is 0 Å². The Hall–Kier alpha value is -2.47. The molecule has 0 N–H and O–H groups in total. The van der Waals surface area contributed by atoms with E-state index in [0.29, 0.717) is 25.9 Å². The minimum Gasteiger partial charge on any atom is -0.497 e. The molecule has 2 aromatic carbocycles. The molecular formula is C27H34O5. The average molecular weight is 439 g/mol. The number of ether oxygens (including phenoxy) is 4. The van der Waals surface area contributed by atoms with Gasteiger partial charge in [0, 0.05) is 19.3 Å². The lowest BCUT2D eigenvalue weighted by atomic mass is 9.99. The largest absolute Gasteiger partial charge is 0.497 e. The van der Waals surface area contributed by atoms with Gasteiger partial charge in [0.1, 0.15) is 11.5 Å². The molecule has 1 aliphatic heterocycles. The molecule has 0 radical (unpaired) electrons. The predicted molar refractivity (Wildman–Crippen MR) is 125 cm³/mol. The number of methoxy groups -OCH3 is 1. The summed E-state index contributed by atoms with van der Waals surface area (Å²) in [5, 5.41) is 0. The van der Waals surface area contributed by atoms with E-state index in [9.17, 15) is 4.79 Å². The van der Waals surface area contributed by atoms with Gasteiger partial charge in [0.15, 0.2) is 5.79 Å². The summed E-state index contributed by atoms with van der Waals surface area (Å²) >= 11 is 0. The van der Waals surface area contributed by atoms with Crippen LogP contribution >= 0.6 is 0 Å². The first-order chi connectivity index (χ1) is 15.3. The third-order valence-electron chi connectivity index (χ3n) is 5.37. The summed E-state index contributed by atoms with van der Waals surface area (Å²) in [6.45, 7) is 5.90. The third-order valence-corrected chi connectivity index (χ3v) is 5.37. The zero-order chi connectivity index (χ0) is 23.0. The summed E-state index contributed by atoms with van der Waals surface area (Å²) in [6, 6.07) is 17.9. The first kappa shape index (κ1) is 24.2. The van der Waals surface area contributed by atoms with Crippen LogP contribution in [-0.2, 0) is 25.6 Å². The Morgan fingerprint density at radius 1 is 1.12 bits per heavy atom. The highest BCUT2D eigenvalue weighted by molar-refractivity contribution is 5.75. The van der Waals surface area contributed by atoms with Gasteiger partial charge in [0.2, 0.25) is 0 Å². The highest BCUT2D eigenvalue weighted by atomic mass is 16.7. The number of ketones is 1. The molecule has 0 bridgehead atoms. The van der Waals surface area contributed by atoms with Crippen LogP contribution in [0.25, 0.3) is 6.08 Å². The van der Waals surface area contributed by atoms with Crippen LogP contribution < -0.4 is 4.74 Å². The van der Waals surface area contributed by atoms with Crippen LogP contribution in [0.1, 0.15) is 51.2 Å². The van der Waals surface area contributed by atoms with E-state index in [4.69, 9.17) is 18.9 Å². The molecule has 0 spiro atoms. The second kappa shape index (κ2) is 11.4. The van der Waals surface area contributed by atoms with E-state index in [-0.39, 0.29) is 24.1 Å². The molecule has 172 valence electrons. The Kier molecular flexibility index (Phi) is 8.62. The van der Waals surface area contributed by atoms with E-state index < -0.39 is 5.79 Å². The van der Waals surface area contributed by atoms with E-state index >= 15 is 0 Å². The van der Waals surface area contributed by atoms with Crippen molar-refractivity contribution >= 4 is 11.9 Å². The molecule has 0 saturated carbocycles. The summed E-state index contributed by atoms with van der Waals surface area (Å²) < 4.78 is 23.7. The van der Waals surface area contributed by atoms with Gasteiger partial charge in [-0.25, -0.2) is 0 Å². The van der Waals surface area contributed by atoms with Gasteiger partial charge in [0.25, 0.3) is 0 Å². The van der Waals surface area contributed by atoms with Crippen molar-refractivity contribution in [3.8, 4) is 5.75 Å². The molecule has 0 aromatic heterocycles. The van der Waals surface area contributed by atoms with Crippen molar-refractivity contribution in [2.24, 2.45) is 0 Å². The van der Waals surface area contributed by atoms with E-state index in [1.54, 1.807) is 14.0 Å². The van der Waals surface area contributed by atoms with Crippen molar-refractivity contribution in [3.63, 3.8) is 0 Å². The Balaban J connectivity index is 1.62. The predicted octanol–water partition coefficient (Wildman–Crippen LogP) is 5.57. The molecule has 1 aliphatic rings. The summed E-state index contributed by atoms with van der Waals surface area (Å²) in [7, 11) is 1.64. The molecule has 1 heterocycles. The maximum Gasteiger partial charge on any atom is 0.163 e. The fraction of sp³-hybridized carbons (Fsp3) is 0.444. The zero-order valence-corrected chi connectivity index (χ0v) is 19.5. The number of hydrogen-bond donors (Lipinski definition) is 0. The molecular weight excluding hydrogens is 404 g/mol. The molecule has 1 unspecified atom stereocenters. The van der Waals surface area contributed by atoms with E-state index in [2.05, 4.69) is 24.3 Å². The fourth-order valence-electron chi connectivity index (χ4n) is 3.95. The van der Waals surface area contributed by atoms with Crippen LogP contribution in [-0.4, -0.2) is 37.0 Å². The second-order valence-electron chi connectivity index (χ2n) is 8.72. The van der Waals surface area contributed by atoms with Gasteiger partial charge < -0.3 is 18.9 Å². The molecule has 0 amide bonds. The molecule has 2 aromatic rings.